The van der Waals surface area contributed by atoms with Gasteiger partial charge in [-0.2, -0.15) is 0 Å². The van der Waals surface area contributed by atoms with Crippen molar-refractivity contribution in [3.05, 3.63) is 75.2 Å². The Bertz CT molecular complexity index is 1280. The highest BCUT2D eigenvalue weighted by molar-refractivity contribution is 8.00. The fourth-order valence-corrected chi connectivity index (χ4v) is 5.58. The second-order valence-corrected chi connectivity index (χ2v) is 9.94. The third-order valence-electron chi connectivity index (χ3n) is 5.14. The SMILES string of the molecule is CCOC(=O)c1ccc(NC(=O)CSc2nc3c(c(=O)n2-c2cc(C)cc(C)c2)SCC3)cc1. The molecule has 2 heterocycles. The van der Waals surface area contributed by atoms with Gasteiger partial charge in [0.15, 0.2) is 5.16 Å². The molecular weight excluding hydrogens is 470 g/mol. The van der Waals surface area contributed by atoms with Gasteiger partial charge in [-0.1, -0.05) is 17.8 Å². The van der Waals surface area contributed by atoms with Crippen molar-refractivity contribution in [1.82, 2.24) is 9.55 Å². The summed E-state index contributed by atoms with van der Waals surface area (Å²) in [6.45, 7) is 6.03. The molecule has 34 heavy (non-hydrogen) atoms. The average Bonchev–Trinajstić information content (AvgIpc) is 3.27. The number of anilines is 1. The van der Waals surface area contributed by atoms with Crippen molar-refractivity contribution < 1.29 is 14.3 Å². The normalized spacial score (nSPS) is 12.3. The monoisotopic (exact) mass is 495 g/mol. The van der Waals surface area contributed by atoms with Crippen LogP contribution in [0.5, 0.6) is 0 Å². The molecule has 2 aromatic carbocycles. The van der Waals surface area contributed by atoms with E-state index in [1.807, 2.05) is 26.0 Å². The Morgan fingerprint density at radius 1 is 1.15 bits per heavy atom. The number of amides is 1. The van der Waals surface area contributed by atoms with Crippen molar-refractivity contribution in [3.8, 4) is 5.69 Å². The van der Waals surface area contributed by atoms with Gasteiger partial charge in [-0.15, -0.1) is 11.8 Å². The van der Waals surface area contributed by atoms with E-state index in [1.54, 1.807) is 35.8 Å². The lowest BCUT2D eigenvalue weighted by Crippen LogP contribution is -2.25. The molecule has 0 bridgehead atoms. The van der Waals surface area contributed by atoms with E-state index < -0.39 is 5.97 Å². The number of rotatable bonds is 7. The van der Waals surface area contributed by atoms with Crippen LogP contribution in [0, 0.1) is 13.8 Å². The predicted octanol–water partition coefficient (Wildman–Crippen LogP) is 4.41. The number of hydrogen-bond acceptors (Lipinski definition) is 7. The number of thioether (sulfide) groups is 2. The minimum absolute atomic E-state index is 0.0861. The Morgan fingerprint density at radius 2 is 1.85 bits per heavy atom. The Hall–Kier alpha value is -3.04. The van der Waals surface area contributed by atoms with Crippen molar-refractivity contribution in [2.45, 2.75) is 37.2 Å². The van der Waals surface area contributed by atoms with Gasteiger partial charge in [-0.05, 0) is 68.3 Å². The molecule has 1 N–H and O–H groups in total. The molecule has 0 saturated heterocycles. The summed E-state index contributed by atoms with van der Waals surface area (Å²) in [6, 6.07) is 12.5. The number of esters is 1. The average molecular weight is 496 g/mol. The van der Waals surface area contributed by atoms with Gasteiger partial charge in [0.1, 0.15) is 0 Å². The van der Waals surface area contributed by atoms with Gasteiger partial charge in [-0.25, -0.2) is 9.78 Å². The van der Waals surface area contributed by atoms with Crippen LogP contribution in [0.25, 0.3) is 5.69 Å². The molecule has 1 amide bonds. The van der Waals surface area contributed by atoms with E-state index in [2.05, 4.69) is 11.4 Å². The second-order valence-electron chi connectivity index (χ2n) is 7.89. The summed E-state index contributed by atoms with van der Waals surface area (Å²) in [5, 5.41) is 3.33. The smallest absolute Gasteiger partial charge is 0.338 e. The maximum atomic E-state index is 13.3. The van der Waals surface area contributed by atoms with Gasteiger partial charge in [0.05, 0.1) is 34.2 Å². The number of nitrogens with zero attached hydrogens (tertiary/aromatic N) is 2. The van der Waals surface area contributed by atoms with Crippen LogP contribution >= 0.6 is 23.5 Å². The van der Waals surface area contributed by atoms with Gasteiger partial charge in [0.25, 0.3) is 5.56 Å². The number of nitrogens with one attached hydrogen (secondary N) is 1. The summed E-state index contributed by atoms with van der Waals surface area (Å²) >= 11 is 2.77. The Kier molecular flexibility index (Phi) is 7.43. The van der Waals surface area contributed by atoms with Gasteiger partial charge in [-0.3, -0.25) is 14.2 Å². The molecule has 1 aliphatic rings. The molecule has 0 radical (unpaired) electrons. The summed E-state index contributed by atoms with van der Waals surface area (Å²) in [5.74, 6) is 0.287. The minimum Gasteiger partial charge on any atom is -0.462 e. The first-order valence-corrected chi connectivity index (χ1v) is 12.9. The van der Waals surface area contributed by atoms with Crippen LogP contribution in [-0.4, -0.2) is 39.5 Å². The highest BCUT2D eigenvalue weighted by Gasteiger charge is 2.23. The molecule has 1 aromatic heterocycles. The van der Waals surface area contributed by atoms with E-state index in [0.717, 1.165) is 34.7 Å². The van der Waals surface area contributed by atoms with Gasteiger partial charge in [0.2, 0.25) is 5.91 Å². The number of carbonyl (C=O) groups excluding carboxylic acids is 2. The number of benzene rings is 2. The zero-order valence-corrected chi connectivity index (χ0v) is 20.8. The van der Waals surface area contributed by atoms with Crippen LogP contribution in [0.1, 0.15) is 34.1 Å². The molecule has 0 atom stereocenters. The number of aryl methyl sites for hydroxylation is 3. The molecule has 0 aliphatic carbocycles. The molecule has 0 fully saturated rings. The third-order valence-corrected chi connectivity index (χ3v) is 7.19. The van der Waals surface area contributed by atoms with E-state index in [-0.39, 0.29) is 17.2 Å². The molecule has 0 unspecified atom stereocenters. The van der Waals surface area contributed by atoms with E-state index >= 15 is 0 Å². The number of carbonyl (C=O) groups is 2. The molecule has 0 spiro atoms. The first-order chi connectivity index (χ1) is 16.4. The first kappa shape index (κ1) is 24.1. The zero-order chi connectivity index (χ0) is 24.2. The van der Waals surface area contributed by atoms with Crippen LogP contribution in [0.3, 0.4) is 0 Å². The van der Waals surface area contributed by atoms with Gasteiger partial charge in [0, 0.05) is 17.9 Å². The molecule has 176 valence electrons. The number of fused-ring (bicyclic) bond motifs is 1. The Morgan fingerprint density at radius 3 is 2.53 bits per heavy atom. The van der Waals surface area contributed by atoms with Gasteiger partial charge < -0.3 is 10.1 Å². The molecular formula is C25H25N3O4S2. The van der Waals surface area contributed by atoms with E-state index in [9.17, 15) is 14.4 Å². The standard InChI is InChI=1S/C25H25N3O4S2/c1-4-32-24(31)17-5-7-18(8-6-17)26-21(29)14-34-25-27-20-9-10-33-22(20)23(30)28(25)19-12-15(2)11-16(3)13-19/h5-8,11-13H,4,9-10,14H2,1-3H3,(H,26,29). The minimum atomic E-state index is -0.402. The van der Waals surface area contributed by atoms with Crippen molar-refractivity contribution in [2.75, 3.05) is 23.4 Å². The third kappa shape index (κ3) is 5.37. The quantitative estimate of drug-likeness (QED) is 0.295. The van der Waals surface area contributed by atoms with Crippen LogP contribution in [0.4, 0.5) is 5.69 Å². The van der Waals surface area contributed by atoms with E-state index in [1.165, 1.54) is 23.5 Å². The largest absolute Gasteiger partial charge is 0.462 e. The fourth-order valence-electron chi connectivity index (χ4n) is 3.73. The van der Waals surface area contributed by atoms with Crippen molar-refractivity contribution >= 4 is 41.1 Å². The molecule has 1 aliphatic heterocycles. The van der Waals surface area contributed by atoms with Crippen LogP contribution in [-0.2, 0) is 16.0 Å². The van der Waals surface area contributed by atoms with E-state index in [4.69, 9.17) is 9.72 Å². The summed E-state index contributed by atoms with van der Waals surface area (Å²) < 4.78 is 6.59. The zero-order valence-electron chi connectivity index (χ0n) is 19.2. The summed E-state index contributed by atoms with van der Waals surface area (Å²) in [4.78, 5) is 43.2. The summed E-state index contributed by atoms with van der Waals surface area (Å²) in [6.07, 6.45) is 0.746. The lowest BCUT2D eigenvalue weighted by molar-refractivity contribution is -0.113. The molecule has 4 rings (SSSR count). The predicted molar refractivity (Wildman–Crippen MR) is 135 cm³/mol. The van der Waals surface area contributed by atoms with Crippen molar-refractivity contribution in [3.63, 3.8) is 0 Å². The highest BCUT2D eigenvalue weighted by atomic mass is 32.2. The molecule has 0 saturated carbocycles. The van der Waals surface area contributed by atoms with Crippen LogP contribution < -0.4 is 10.9 Å². The Labute approximate surface area is 206 Å². The highest BCUT2D eigenvalue weighted by Crippen LogP contribution is 2.30. The summed E-state index contributed by atoms with van der Waals surface area (Å²) in [7, 11) is 0. The number of aromatic nitrogens is 2. The van der Waals surface area contributed by atoms with Crippen LogP contribution in [0.15, 0.2) is 57.3 Å². The first-order valence-electron chi connectivity index (χ1n) is 10.9. The van der Waals surface area contributed by atoms with Crippen LogP contribution in [0.2, 0.25) is 0 Å². The maximum Gasteiger partial charge on any atom is 0.338 e. The number of ether oxygens (including phenoxy) is 1. The Balaban J connectivity index is 1.54. The maximum absolute atomic E-state index is 13.3. The topological polar surface area (TPSA) is 90.3 Å². The van der Waals surface area contributed by atoms with Crippen molar-refractivity contribution in [2.24, 2.45) is 0 Å². The molecule has 7 nitrogen and oxygen atoms in total. The summed E-state index contributed by atoms with van der Waals surface area (Å²) in [5.41, 5.74) is 4.56. The molecule has 3 aromatic rings. The lowest BCUT2D eigenvalue weighted by atomic mass is 10.1. The van der Waals surface area contributed by atoms with Crippen molar-refractivity contribution in [1.29, 1.82) is 0 Å². The fraction of sp³-hybridized carbons (Fsp3) is 0.280. The molecule has 9 heteroatoms. The van der Waals surface area contributed by atoms with E-state index in [0.29, 0.717) is 27.9 Å². The number of hydrogen-bond donors (Lipinski definition) is 1. The second kappa shape index (κ2) is 10.5. The lowest BCUT2D eigenvalue weighted by Gasteiger charge is -2.15. The van der Waals surface area contributed by atoms with Gasteiger partial charge >= 0.3 is 5.97 Å².